The molecule has 3 aromatic heterocycles. The Kier molecular flexibility index (Phi) is 37.6. The van der Waals surface area contributed by atoms with Crippen LogP contribution in [0.4, 0.5) is 0 Å². The van der Waals surface area contributed by atoms with E-state index < -0.39 is 71.5 Å². The van der Waals surface area contributed by atoms with Gasteiger partial charge in [0.15, 0.2) is 17.1 Å². The lowest BCUT2D eigenvalue weighted by Crippen LogP contribution is -2.48. The topological polar surface area (TPSA) is 362 Å². The predicted octanol–water partition coefficient (Wildman–Crippen LogP) is 9.70. The van der Waals surface area contributed by atoms with E-state index in [0.717, 1.165) is 19.3 Å². The smallest absolute Gasteiger partial charge is 0.325 e. The number of benzene rings is 3. The molecular weight excluding hydrogens is 1400 g/mol. The number of amides is 6. The van der Waals surface area contributed by atoms with Crippen LogP contribution in [0.2, 0.25) is 0 Å². The number of rotatable bonds is 39. The van der Waals surface area contributed by atoms with Gasteiger partial charge >= 0.3 is 17.9 Å². The molecule has 0 fully saturated rings. The molecule has 2 unspecified atom stereocenters. The first kappa shape index (κ1) is 90.7. The summed E-state index contributed by atoms with van der Waals surface area (Å²) in [6, 6.07) is 18.9. The molecular formula is C79H116N12O18. The second kappa shape index (κ2) is 45.2. The lowest BCUT2D eigenvalue weighted by Gasteiger charge is -2.21. The molecule has 30 heteroatoms. The van der Waals surface area contributed by atoms with E-state index in [4.69, 9.17) is 28.4 Å². The van der Waals surface area contributed by atoms with Crippen LogP contribution in [0.5, 0.6) is 34.5 Å². The molecule has 3 aromatic carbocycles. The Hall–Kier alpha value is -10.7. The van der Waals surface area contributed by atoms with Gasteiger partial charge in [-0.15, -0.1) is 0 Å². The van der Waals surface area contributed by atoms with Gasteiger partial charge in [0.1, 0.15) is 72.3 Å². The molecule has 6 amide bonds. The highest BCUT2D eigenvalue weighted by Crippen LogP contribution is 2.43. The largest absolute Gasteiger partial charge is 0.496 e. The Labute approximate surface area is 640 Å². The Morgan fingerprint density at radius 1 is 0.385 bits per heavy atom. The molecule has 600 valence electrons. The average Bonchev–Trinajstić information content (AvgIpc) is 1.67. The van der Waals surface area contributed by atoms with Gasteiger partial charge in [-0.2, -0.15) is 15.3 Å². The predicted molar refractivity (Wildman–Crippen MR) is 413 cm³/mol. The SMILES string of the molecule is CCC(C)Cn1nc(C(=O)N[C@@H](CC(C)C)C(=O)NCC(=O)OC)cc1-c1c(OC)cccc1OC.CCC(CC)Cn1nc(C(=O)N[C@@H](CC(C)C)C(=O)NCC(=O)OC)cc1-c1c(OC)cccc1OC.COC(=O)CNC(=O)[C@H](CC(C)C)NC(=O)c1cc(-c2c(OC)cccc2OC)n(C(C)C(C)C)n1. The van der Waals surface area contributed by atoms with Crippen LogP contribution in [-0.4, -0.2) is 184 Å². The van der Waals surface area contributed by atoms with E-state index >= 15 is 0 Å². The maximum absolute atomic E-state index is 13.3. The van der Waals surface area contributed by atoms with Crippen molar-refractivity contribution < 1.29 is 85.8 Å². The lowest BCUT2D eigenvalue weighted by molar-refractivity contribution is -0.141. The summed E-state index contributed by atoms with van der Waals surface area (Å²) in [6.45, 7) is 26.6. The molecule has 0 aliphatic heterocycles. The van der Waals surface area contributed by atoms with Crippen molar-refractivity contribution >= 4 is 53.4 Å². The fourth-order valence-corrected chi connectivity index (χ4v) is 11.4. The van der Waals surface area contributed by atoms with Crippen molar-refractivity contribution in [3.63, 3.8) is 0 Å². The van der Waals surface area contributed by atoms with Gasteiger partial charge in [-0.25, -0.2) is 0 Å². The van der Waals surface area contributed by atoms with Crippen molar-refractivity contribution in [3.8, 4) is 68.3 Å². The number of nitrogens with one attached hydrogen (secondary N) is 6. The van der Waals surface area contributed by atoms with E-state index in [0.29, 0.717) is 112 Å². The molecule has 3 heterocycles. The van der Waals surface area contributed by atoms with Gasteiger partial charge < -0.3 is 74.5 Å². The number of methoxy groups -OCH3 is 9. The zero-order chi connectivity index (χ0) is 81.4. The minimum absolute atomic E-state index is 0.0500. The normalized spacial score (nSPS) is 12.4. The van der Waals surface area contributed by atoms with Crippen LogP contribution in [0, 0.1) is 35.5 Å². The van der Waals surface area contributed by atoms with Gasteiger partial charge in [-0.3, -0.25) is 57.2 Å². The summed E-state index contributed by atoms with van der Waals surface area (Å²) < 4.78 is 52.7. The van der Waals surface area contributed by atoms with Crippen LogP contribution in [0.15, 0.2) is 72.8 Å². The maximum Gasteiger partial charge on any atom is 0.325 e. The van der Waals surface area contributed by atoms with Crippen LogP contribution in [-0.2, 0) is 56.1 Å². The van der Waals surface area contributed by atoms with E-state index in [2.05, 4.69) is 103 Å². The fourth-order valence-electron chi connectivity index (χ4n) is 11.4. The molecule has 0 saturated heterocycles. The third-order valence-corrected chi connectivity index (χ3v) is 18.1. The average molecular weight is 1520 g/mol. The number of hydrogen-bond acceptors (Lipinski definition) is 21. The van der Waals surface area contributed by atoms with Gasteiger partial charge in [0, 0.05) is 13.1 Å². The highest BCUT2D eigenvalue weighted by atomic mass is 16.5. The first-order valence-corrected chi connectivity index (χ1v) is 36.7. The van der Waals surface area contributed by atoms with E-state index in [1.54, 1.807) is 70.2 Å². The number of carbonyl (C=O) groups excluding carboxylic acids is 9. The molecule has 109 heavy (non-hydrogen) atoms. The highest BCUT2D eigenvalue weighted by molar-refractivity contribution is 6.00. The van der Waals surface area contributed by atoms with Crippen LogP contribution in [0.1, 0.15) is 166 Å². The number of ether oxygens (including phenoxy) is 9. The molecule has 30 nitrogen and oxygen atoms in total. The summed E-state index contributed by atoms with van der Waals surface area (Å²) in [5.41, 5.74) is 4.56. The molecule has 0 aliphatic rings. The highest BCUT2D eigenvalue weighted by Gasteiger charge is 2.32. The lowest BCUT2D eigenvalue weighted by atomic mass is 10.0. The van der Waals surface area contributed by atoms with Gasteiger partial charge in [0.25, 0.3) is 17.7 Å². The zero-order valence-electron chi connectivity index (χ0n) is 67.5. The number of hydrogen-bond donors (Lipinski definition) is 6. The first-order valence-electron chi connectivity index (χ1n) is 36.7. The molecule has 0 radical (unpaired) electrons. The second-order valence-corrected chi connectivity index (χ2v) is 27.7. The van der Waals surface area contributed by atoms with Gasteiger partial charge in [0.2, 0.25) is 17.7 Å². The van der Waals surface area contributed by atoms with E-state index in [9.17, 15) is 43.2 Å². The summed E-state index contributed by atoms with van der Waals surface area (Å²) in [5.74, 6) is 0.171. The van der Waals surface area contributed by atoms with Crippen molar-refractivity contribution in [1.82, 2.24) is 61.2 Å². The fraction of sp³-hybridized carbons (Fsp3) is 0.544. The minimum atomic E-state index is -0.848. The Balaban J connectivity index is 0.000000345. The Morgan fingerprint density at radius 3 is 0.936 bits per heavy atom. The summed E-state index contributed by atoms with van der Waals surface area (Å²) in [4.78, 5) is 112. The summed E-state index contributed by atoms with van der Waals surface area (Å²) >= 11 is 0. The standard InChI is InChI=1S/C27H40N4O6.2C26H38N4O6/c1-8-18(9-2)16-31-21(25-22(35-5)11-10-12-23(25)36-6)14-20(30-31)27(34)29-19(13-17(3)4)26(33)28-15-24(32)37-7;1-15(2)12-18(25(32)27-14-23(31)36-8)28-26(33)19-13-20(30(29-19)17(5)16(3)4)24-21(34-6)10-9-11-22(24)35-7;1-8-17(4)15-30-20(24-21(34-5)10-9-11-22(24)35-6)13-19(29-30)26(33)28-18(12-16(2)3)25(32)27-14-23(31)36-7/h10-12,14,17-19H,8-9,13,15-16H2,1-7H3,(H,28,33)(H,29,34);9-11,13,15-18H,12,14H2,1-8H3,(H,27,32)(H,28,33);9-11,13,16-18H,8,12,14-15H2,1-7H3,(H,27,32)(H,28,33)/t19-;2*17?,18-/m000/s1. The van der Waals surface area contributed by atoms with Crippen LogP contribution in [0.3, 0.4) is 0 Å². The van der Waals surface area contributed by atoms with Crippen molar-refractivity contribution in [2.24, 2.45) is 35.5 Å². The number of aromatic nitrogens is 6. The monoisotopic (exact) mass is 1520 g/mol. The molecule has 6 N–H and O–H groups in total. The van der Waals surface area contributed by atoms with E-state index in [1.807, 2.05) is 108 Å². The third kappa shape index (κ3) is 26.6. The molecule has 0 spiro atoms. The van der Waals surface area contributed by atoms with Crippen molar-refractivity contribution in [3.05, 3.63) is 89.9 Å². The molecule has 0 saturated carbocycles. The molecule has 5 atom stereocenters. The molecule has 0 bridgehead atoms. The van der Waals surface area contributed by atoms with Crippen molar-refractivity contribution in [2.45, 2.75) is 166 Å². The third-order valence-electron chi connectivity index (χ3n) is 18.1. The van der Waals surface area contributed by atoms with Crippen LogP contribution in [0.25, 0.3) is 33.8 Å². The zero-order valence-corrected chi connectivity index (χ0v) is 67.5. The van der Waals surface area contributed by atoms with Crippen molar-refractivity contribution in [1.29, 1.82) is 0 Å². The quantitative estimate of drug-likeness (QED) is 0.0154. The number of esters is 3. The Morgan fingerprint density at radius 2 is 0.670 bits per heavy atom. The summed E-state index contributed by atoms with van der Waals surface area (Å²) in [7, 11) is 13.2. The number of nitrogens with zero attached hydrogens (tertiary/aromatic N) is 6. The number of carbonyl (C=O) groups is 9. The van der Waals surface area contributed by atoms with Crippen LogP contribution < -0.4 is 60.3 Å². The maximum atomic E-state index is 13.3. The molecule has 6 rings (SSSR count). The summed E-state index contributed by atoms with van der Waals surface area (Å²) in [5, 5.41) is 29.8. The van der Waals surface area contributed by atoms with Gasteiger partial charge in [-0.05, 0) is 116 Å². The Bertz CT molecular complexity index is 3900. The van der Waals surface area contributed by atoms with Gasteiger partial charge in [-0.1, -0.05) is 121 Å². The minimum Gasteiger partial charge on any atom is -0.496 e. The summed E-state index contributed by atoms with van der Waals surface area (Å²) in [6.07, 6.45) is 4.00. The van der Waals surface area contributed by atoms with E-state index in [-0.39, 0.29) is 66.4 Å². The van der Waals surface area contributed by atoms with Gasteiger partial charge in [0.05, 0.1) is 104 Å². The molecule has 6 aromatic rings. The van der Waals surface area contributed by atoms with Crippen molar-refractivity contribution in [2.75, 3.05) is 83.6 Å². The van der Waals surface area contributed by atoms with Crippen LogP contribution >= 0.6 is 0 Å². The second-order valence-electron chi connectivity index (χ2n) is 27.7. The first-order chi connectivity index (χ1) is 51.9. The van der Waals surface area contributed by atoms with E-state index in [1.165, 1.54) is 21.3 Å². The molecule has 0 aliphatic carbocycles.